The molecule has 0 atom stereocenters. The molecule has 0 heterocycles. The minimum absolute atomic E-state index is 0.101. The van der Waals surface area contributed by atoms with Gasteiger partial charge in [-0.1, -0.05) is 39.5 Å². The van der Waals surface area contributed by atoms with Gasteiger partial charge in [-0.15, -0.1) is 0 Å². The first kappa shape index (κ1) is 12.5. The lowest BCUT2D eigenvalue weighted by molar-refractivity contribution is -0.121. The number of hydrogen-bond acceptors (Lipinski definition) is 1. The summed E-state index contributed by atoms with van der Waals surface area (Å²) in [4.78, 5) is 11.1. The first-order valence-electron chi connectivity index (χ1n) is 5.51. The van der Waals surface area contributed by atoms with Crippen LogP contribution in [-0.4, -0.2) is 12.5 Å². The van der Waals surface area contributed by atoms with Crippen LogP contribution in [0.1, 0.15) is 58.8 Å². The molecule has 0 unspecified atom stereocenters. The Balaban J connectivity index is 3.11. The van der Waals surface area contributed by atoms with Crippen LogP contribution in [0.25, 0.3) is 0 Å². The van der Waals surface area contributed by atoms with E-state index in [0.717, 1.165) is 25.8 Å². The maximum absolute atomic E-state index is 11.1. The highest BCUT2D eigenvalue weighted by molar-refractivity contribution is 5.75. The predicted molar refractivity (Wildman–Crippen MR) is 55.7 cm³/mol. The van der Waals surface area contributed by atoms with E-state index in [2.05, 4.69) is 19.2 Å². The molecule has 0 rings (SSSR count). The molecule has 0 aromatic rings. The second kappa shape index (κ2) is 9.56. The summed E-state index contributed by atoms with van der Waals surface area (Å²) in [5, 5.41) is 3.99. The zero-order valence-corrected chi connectivity index (χ0v) is 9.01. The number of carbonyl (C=O) groups is 1. The topological polar surface area (TPSA) is 31.2 Å². The predicted octanol–water partition coefficient (Wildman–Crippen LogP) is 2.89. The molecule has 0 aliphatic carbocycles. The van der Waals surface area contributed by atoms with E-state index in [-0.39, 0.29) is 5.91 Å². The third-order valence-corrected chi connectivity index (χ3v) is 2.04. The Labute approximate surface area is 82.1 Å². The molecule has 0 aliphatic heterocycles. The molecule has 1 radical (unpaired) electrons. The molecule has 0 saturated heterocycles. The van der Waals surface area contributed by atoms with Gasteiger partial charge in [0, 0.05) is 13.0 Å². The number of hydrogen-bond donors (Lipinski definition) is 0. The highest BCUT2D eigenvalue weighted by Crippen LogP contribution is 1.99. The Bertz CT molecular complexity index is 123. The lowest BCUT2D eigenvalue weighted by atomic mass is 10.2. The van der Waals surface area contributed by atoms with Crippen LogP contribution in [0.4, 0.5) is 0 Å². The van der Waals surface area contributed by atoms with Crippen LogP contribution < -0.4 is 5.32 Å². The van der Waals surface area contributed by atoms with E-state index < -0.39 is 0 Å². The second-order valence-electron chi connectivity index (χ2n) is 3.44. The average molecular weight is 184 g/mol. The van der Waals surface area contributed by atoms with E-state index in [4.69, 9.17) is 0 Å². The van der Waals surface area contributed by atoms with E-state index in [9.17, 15) is 4.79 Å². The van der Waals surface area contributed by atoms with Crippen molar-refractivity contribution < 1.29 is 4.79 Å². The Morgan fingerprint density at radius 1 is 1.00 bits per heavy atom. The Hall–Kier alpha value is -0.530. The molecule has 0 aromatic heterocycles. The van der Waals surface area contributed by atoms with Crippen molar-refractivity contribution in [3.63, 3.8) is 0 Å². The lowest BCUT2D eigenvalue weighted by Gasteiger charge is -2.00. The monoisotopic (exact) mass is 184 g/mol. The maximum atomic E-state index is 11.1. The Morgan fingerprint density at radius 3 is 2.23 bits per heavy atom. The van der Waals surface area contributed by atoms with Gasteiger partial charge in [0.2, 0.25) is 5.91 Å². The molecule has 1 amide bonds. The second-order valence-corrected chi connectivity index (χ2v) is 3.44. The zero-order chi connectivity index (χ0) is 9.94. The quantitative estimate of drug-likeness (QED) is 0.534. The largest absolute Gasteiger partial charge is 0.273 e. The molecule has 0 aliphatic rings. The van der Waals surface area contributed by atoms with Gasteiger partial charge in [0.15, 0.2) is 0 Å². The van der Waals surface area contributed by atoms with Crippen molar-refractivity contribution in [3.05, 3.63) is 0 Å². The summed E-state index contributed by atoms with van der Waals surface area (Å²) in [5.41, 5.74) is 0. The normalized spacial score (nSPS) is 10.0. The number of amides is 1. The SMILES string of the molecule is CCCCC[N]C(=O)CCCCC. The zero-order valence-electron chi connectivity index (χ0n) is 9.01. The number of rotatable bonds is 8. The molecule has 2 heteroatoms. The van der Waals surface area contributed by atoms with E-state index in [1.807, 2.05) is 0 Å². The molecule has 13 heavy (non-hydrogen) atoms. The molecule has 0 spiro atoms. The summed E-state index contributed by atoms with van der Waals surface area (Å²) in [6.07, 6.45) is 7.42. The summed E-state index contributed by atoms with van der Waals surface area (Å²) in [5.74, 6) is 0.101. The maximum Gasteiger partial charge on any atom is 0.241 e. The standard InChI is InChI=1S/C11H22NO/c1-3-5-7-9-11(13)12-10-8-6-4-2/h3-10H2,1-2H3. The molecule has 0 saturated carbocycles. The van der Waals surface area contributed by atoms with Crippen molar-refractivity contribution in [1.29, 1.82) is 0 Å². The lowest BCUT2D eigenvalue weighted by Crippen LogP contribution is -2.16. The molecular formula is C11H22NO. The fourth-order valence-electron chi connectivity index (χ4n) is 1.17. The number of carbonyl (C=O) groups excluding carboxylic acids is 1. The van der Waals surface area contributed by atoms with Gasteiger partial charge in [0.05, 0.1) is 0 Å². The fourth-order valence-corrected chi connectivity index (χ4v) is 1.17. The summed E-state index contributed by atoms with van der Waals surface area (Å²) < 4.78 is 0. The van der Waals surface area contributed by atoms with Crippen LogP contribution in [0, 0.1) is 0 Å². The van der Waals surface area contributed by atoms with E-state index in [0.29, 0.717) is 6.42 Å². The molecule has 0 bridgehead atoms. The average Bonchev–Trinajstić information content (AvgIpc) is 2.13. The third-order valence-electron chi connectivity index (χ3n) is 2.04. The van der Waals surface area contributed by atoms with Crippen molar-refractivity contribution in [2.24, 2.45) is 0 Å². The van der Waals surface area contributed by atoms with Gasteiger partial charge in [-0.25, -0.2) is 0 Å². The van der Waals surface area contributed by atoms with Gasteiger partial charge in [-0.2, -0.15) is 0 Å². The minimum atomic E-state index is 0.101. The van der Waals surface area contributed by atoms with Crippen LogP contribution in [0.15, 0.2) is 0 Å². The van der Waals surface area contributed by atoms with E-state index >= 15 is 0 Å². The number of nitrogens with zero attached hydrogens (tertiary/aromatic N) is 1. The van der Waals surface area contributed by atoms with Gasteiger partial charge in [-0.3, -0.25) is 10.1 Å². The minimum Gasteiger partial charge on any atom is -0.273 e. The van der Waals surface area contributed by atoms with Crippen molar-refractivity contribution in [2.75, 3.05) is 6.54 Å². The van der Waals surface area contributed by atoms with E-state index in [1.165, 1.54) is 19.3 Å². The Morgan fingerprint density at radius 2 is 1.62 bits per heavy atom. The molecule has 77 valence electrons. The first-order valence-corrected chi connectivity index (χ1v) is 5.51. The van der Waals surface area contributed by atoms with Crippen LogP contribution >= 0.6 is 0 Å². The van der Waals surface area contributed by atoms with Crippen molar-refractivity contribution in [3.8, 4) is 0 Å². The van der Waals surface area contributed by atoms with Gasteiger partial charge in [-0.05, 0) is 12.8 Å². The summed E-state index contributed by atoms with van der Waals surface area (Å²) in [6.45, 7) is 5.03. The van der Waals surface area contributed by atoms with E-state index in [1.54, 1.807) is 0 Å². The highest BCUT2D eigenvalue weighted by Gasteiger charge is 2.00. The van der Waals surface area contributed by atoms with Crippen LogP contribution in [0.2, 0.25) is 0 Å². The van der Waals surface area contributed by atoms with Crippen LogP contribution in [0.3, 0.4) is 0 Å². The molecule has 0 N–H and O–H groups in total. The summed E-state index contributed by atoms with van der Waals surface area (Å²) >= 11 is 0. The van der Waals surface area contributed by atoms with Crippen molar-refractivity contribution >= 4 is 5.91 Å². The number of unbranched alkanes of at least 4 members (excludes halogenated alkanes) is 4. The fraction of sp³-hybridized carbons (Fsp3) is 0.909. The van der Waals surface area contributed by atoms with Gasteiger partial charge in [0.25, 0.3) is 0 Å². The van der Waals surface area contributed by atoms with Crippen molar-refractivity contribution in [1.82, 2.24) is 5.32 Å². The molecular weight excluding hydrogens is 162 g/mol. The Kier molecular flexibility index (Phi) is 9.17. The molecule has 0 aromatic carbocycles. The summed E-state index contributed by atoms with van der Waals surface area (Å²) in [7, 11) is 0. The smallest absolute Gasteiger partial charge is 0.241 e. The molecule has 2 nitrogen and oxygen atoms in total. The van der Waals surface area contributed by atoms with Crippen molar-refractivity contribution in [2.45, 2.75) is 58.8 Å². The van der Waals surface area contributed by atoms with Gasteiger partial charge in [0.1, 0.15) is 0 Å². The third kappa shape index (κ3) is 9.38. The first-order chi connectivity index (χ1) is 6.31. The van der Waals surface area contributed by atoms with Crippen LogP contribution in [0.5, 0.6) is 0 Å². The highest BCUT2D eigenvalue weighted by atomic mass is 16.1. The van der Waals surface area contributed by atoms with Crippen LogP contribution in [-0.2, 0) is 4.79 Å². The summed E-state index contributed by atoms with van der Waals surface area (Å²) in [6, 6.07) is 0. The van der Waals surface area contributed by atoms with Gasteiger partial charge < -0.3 is 0 Å². The molecule has 0 fully saturated rings. The van der Waals surface area contributed by atoms with Gasteiger partial charge >= 0.3 is 0 Å².